The standard InChI is InChI=1S/C23H26N2/c1-14-11-12-24-16(3)21-8-7-19(13-22(14)21)15(2)20-9-10-23(18-5-6-18)25-17(20)4/h7-10,13-14,18,24H,2-3,5-6,11-12H2,1,4H3. The van der Waals surface area contributed by atoms with Crippen LogP contribution < -0.4 is 5.32 Å². The fourth-order valence-corrected chi connectivity index (χ4v) is 3.78. The van der Waals surface area contributed by atoms with Crippen LogP contribution in [0.2, 0.25) is 0 Å². The first-order valence-electron chi connectivity index (χ1n) is 9.29. The molecule has 0 amide bonds. The summed E-state index contributed by atoms with van der Waals surface area (Å²) in [5.41, 5.74) is 9.37. The van der Waals surface area contributed by atoms with E-state index >= 15 is 0 Å². The molecule has 1 unspecified atom stereocenters. The molecule has 0 radical (unpaired) electrons. The molecule has 1 fully saturated rings. The van der Waals surface area contributed by atoms with E-state index in [0.29, 0.717) is 11.8 Å². The van der Waals surface area contributed by atoms with E-state index < -0.39 is 0 Å². The van der Waals surface area contributed by atoms with Crippen LogP contribution in [-0.4, -0.2) is 11.5 Å². The number of rotatable bonds is 3. The van der Waals surface area contributed by atoms with Crippen LogP contribution in [0.1, 0.15) is 71.7 Å². The third-order valence-electron chi connectivity index (χ3n) is 5.60. The molecule has 128 valence electrons. The van der Waals surface area contributed by atoms with Crippen molar-refractivity contribution in [2.75, 3.05) is 6.54 Å². The summed E-state index contributed by atoms with van der Waals surface area (Å²) < 4.78 is 0. The van der Waals surface area contributed by atoms with Gasteiger partial charge in [-0.25, -0.2) is 0 Å². The van der Waals surface area contributed by atoms with Crippen molar-refractivity contribution in [2.24, 2.45) is 0 Å². The van der Waals surface area contributed by atoms with Gasteiger partial charge in [0.1, 0.15) is 0 Å². The summed E-state index contributed by atoms with van der Waals surface area (Å²) in [4.78, 5) is 4.83. The van der Waals surface area contributed by atoms with Gasteiger partial charge in [-0.05, 0) is 54.9 Å². The van der Waals surface area contributed by atoms with Gasteiger partial charge in [-0.15, -0.1) is 0 Å². The van der Waals surface area contributed by atoms with Gasteiger partial charge in [-0.2, -0.15) is 0 Å². The number of aryl methyl sites for hydroxylation is 1. The van der Waals surface area contributed by atoms with Gasteiger partial charge >= 0.3 is 0 Å². The van der Waals surface area contributed by atoms with Crippen LogP contribution in [0.4, 0.5) is 0 Å². The van der Waals surface area contributed by atoms with Crippen LogP contribution in [0.3, 0.4) is 0 Å². The third kappa shape index (κ3) is 3.02. The Hall–Kier alpha value is -2.35. The summed E-state index contributed by atoms with van der Waals surface area (Å²) in [5, 5.41) is 3.42. The maximum absolute atomic E-state index is 4.83. The molecule has 2 aliphatic rings. The number of fused-ring (bicyclic) bond motifs is 1. The molecule has 1 atom stereocenters. The zero-order valence-corrected chi connectivity index (χ0v) is 15.2. The van der Waals surface area contributed by atoms with Crippen LogP contribution >= 0.6 is 0 Å². The zero-order chi connectivity index (χ0) is 17.6. The van der Waals surface area contributed by atoms with Crippen molar-refractivity contribution in [1.82, 2.24) is 10.3 Å². The van der Waals surface area contributed by atoms with E-state index in [-0.39, 0.29) is 0 Å². The van der Waals surface area contributed by atoms with Gasteiger partial charge < -0.3 is 5.32 Å². The second-order valence-corrected chi connectivity index (χ2v) is 7.52. The van der Waals surface area contributed by atoms with Crippen molar-refractivity contribution >= 4 is 11.3 Å². The average molecular weight is 330 g/mol. The highest BCUT2D eigenvalue weighted by Crippen LogP contribution is 2.40. The Morgan fingerprint density at radius 3 is 2.68 bits per heavy atom. The predicted molar refractivity (Wildman–Crippen MR) is 106 cm³/mol. The van der Waals surface area contributed by atoms with E-state index in [2.05, 4.69) is 62.7 Å². The van der Waals surface area contributed by atoms with Crippen LogP contribution in [0.15, 0.2) is 43.5 Å². The van der Waals surface area contributed by atoms with E-state index in [1.165, 1.54) is 35.2 Å². The number of aromatic nitrogens is 1. The fourth-order valence-electron chi connectivity index (χ4n) is 3.78. The lowest BCUT2D eigenvalue weighted by atomic mass is 9.88. The summed E-state index contributed by atoms with van der Waals surface area (Å²) in [5.74, 6) is 1.21. The van der Waals surface area contributed by atoms with Gasteiger partial charge in [0.25, 0.3) is 0 Å². The Bertz CT molecular complexity index is 858. The quantitative estimate of drug-likeness (QED) is 0.815. The smallest absolute Gasteiger partial charge is 0.0454 e. The van der Waals surface area contributed by atoms with E-state index in [9.17, 15) is 0 Å². The molecule has 2 nitrogen and oxygen atoms in total. The number of benzene rings is 1. The maximum atomic E-state index is 4.83. The minimum Gasteiger partial charge on any atom is -0.385 e. The van der Waals surface area contributed by atoms with Crippen molar-refractivity contribution < 1.29 is 0 Å². The molecule has 2 heterocycles. The predicted octanol–water partition coefficient (Wildman–Crippen LogP) is 5.40. The van der Waals surface area contributed by atoms with E-state index in [0.717, 1.165) is 35.5 Å². The van der Waals surface area contributed by atoms with Gasteiger partial charge in [0.2, 0.25) is 0 Å². The lowest BCUT2D eigenvalue weighted by molar-refractivity contribution is 0.672. The summed E-state index contributed by atoms with van der Waals surface area (Å²) in [7, 11) is 0. The fraction of sp³-hybridized carbons (Fsp3) is 0.348. The van der Waals surface area contributed by atoms with E-state index in [4.69, 9.17) is 4.98 Å². The SMILES string of the molecule is C=C1NCCC(C)c2cc(C(=C)c3ccc(C4CC4)nc3C)ccc21. The maximum Gasteiger partial charge on any atom is 0.0454 e. The van der Waals surface area contributed by atoms with Crippen molar-refractivity contribution in [1.29, 1.82) is 0 Å². The van der Waals surface area contributed by atoms with Crippen molar-refractivity contribution in [2.45, 2.75) is 44.9 Å². The van der Waals surface area contributed by atoms with Crippen LogP contribution in [0, 0.1) is 6.92 Å². The summed E-state index contributed by atoms with van der Waals surface area (Å²) in [6.45, 7) is 13.9. The molecule has 25 heavy (non-hydrogen) atoms. The minimum absolute atomic E-state index is 0.519. The number of hydrogen-bond acceptors (Lipinski definition) is 2. The molecular formula is C23H26N2. The van der Waals surface area contributed by atoms with Gasteiger partial charge in [-0.3, -0.25) is 4.98 Å². The highest BCUT2D eigenvalue weighted by Gasteiger charge is 2.25. The molecule has 1 aromatic carbocycles. The monoisotopic (exact) mass is 330 g/mol. The summed E-state index contributed by atoms with van der Waals surface area (Å²) in [6.07, 6.45) is 3.69. The molecule has 0 bridgehead atoms. The first kappa shape index (κ1) is 16.1. The molecular weight excluding hydrogens is 304 g/mol. The molecule has 1 saturated carbocycles. The van der Waals surface area contributed by atoms with Crippen LogP contribution in [0.25, 0.3) is 11.3 Å². The summed E-state index contributed by atoms with van der Waals surface area (Å²) >= 11 is 0. The van der Waals surface area contributed by atoms with Crippen molar-refractivity contribution in [3.8, 4) is 0 Å². The molecule has 2 heteroatoms. The lowest BCUT2D eigenvalue weighted by Crippen LogP contribution is -2.10. The first-order chi connectivity index (χ1) is 12.0. The molecule has 1 aliphatic carbocycles. The van der Waals surface area contributed by atoms with Gasteiger partial charge in [-0.1, -0.05) is 44.3 Å². The molecule has 4 rings (SSSR count). The molecule has 0 saturated heterocycles. The Kier molecular flexibility index (Phi) is 3.99. The van der Waals surface area contributed by atoms with Gasteiger partial charge in [0, 0.05) is 40.7 Å². The summed E-state index contributed by atoms with van der Waals surface area (Å²) in [6, 6.07) is 11.0. The second-order valence-electron chi connectivity index (χ2n) is 7.52. The van der Waals surface area contributed by atoms with Crippen molar-refractivity contribution in [3.05, 3.63) is 77.1 Å². The Balaban J connectivity index is 1.70. The van der Waals surface area contributed by atoms with E-state index in [1.807, 2.05) is 0 Å². The van der Waals surface area contributed by atoms with Crippen molar-refractivity contribution in [3.63, 3.8) is 0 Å². The molecule has 1 N–H and O–H groups in total. The number of nitrogens with one attached hydrogen (secondary N) is 1. The lowest BCUT2D eigenvalue weighted by Gasteiger charge is -2.16. The molecule has 0 spiro atoms. The van der Waals surface area contributed by atoms with Gasteiger partial charge in [0.15, 0.2) is 0 Å². The Labute approximate surface area is 150 Å². The average Bonchev–Trinajstić information content (AvgIpc) is 3.45. The topological polar surface area (TPSA) is 24.9 Å². The number of nitrogens with zero attached hydrogens (tertiary/aromatic N) is 1. The minimum atomic E-state index is 0.519. The normalized spacial score (nSPS) is 19.8. The number of pyridine rings is 1. The van der Waals surface area contributed by atoms with Crippen LogP contribution in [-0.2, 0) is 0 Å². The van der Waals surface area contributed by atoms with E-state index in [1.54, 1.807) is 0 Å². The highest BCUT2D eigenvalue weighted by atomic mass is 14.9. The van der Waals surface area contributed by atoms with Crippen LogP contribution in [0.5, 0.6) is 0 Å². The first-order valence-corrected chi connectivity index (χ1v) is 9.29. The third-order valence-corrected chi connectivity index (χ3v) is 5.60. The zero-order valence-electron chi connectivity index (χ0n) is 15.2. The molecule has 1 aliphatic heterocycles. The van der Waals surface area contributed by atoms with Gasteiger partial charge in [0.05, 0.1) is 0 Å². The largest absolute Gasteiger partial charge is 0.385 e. The second kappa shape index (κ2) is 6.18. The molecule has 1 aromatic heterocycles. The molecule has 2 aromatic rings. The highest BCUT2D eigenvalue weighted by molar-refractivity contribution is 5.81. The Morgan fingerprint density at radius 1 is 1.16 bits per heavy atom. The number of hydrogen-bond donors (Lipinski definition) is 1. The Morgan fingerprint density at radius 2 is 1.96 bits per heavy atom.